The topological polar surface area (TPSA) is 59.2 Å². The van der Waals surface area contributed by atoms with E-state index < -0.39 is 0 Å². The first-order valence-electron chi connectivity index (χ1n) is 5.98. The van der Waals surface area contributed by atoms with Crippen molar-refractivity contribution in [2.75, 3.05) is 12.1 Å². The number of hydrogen-bond donors (Lipinski definition) is 2. The van der Waals surface area contributed by atoms with Crippen molar-refractivity contribution in [1.29, 1.82) is 0 Å². The minimum Gasteiger partial charge on any atom is -0.454 e. The van der Waals surface area contributed by atoms with Gasteiger partial charge in [-0.15, -0.1) is 0 Å². The van der Waals surface area contributed by atoms with Gasteiger partial charge in [-0.25, -0.2) is 0 Å². The highest BCUT2D eigenvalue weighted by atomic mass is 35.5. The number of nitrogens with one attached hydrogen (secondary N) is 2. The van der Waals surface area contributed by atoms with E-state index >= 15 is 0 Å². The number of halogens is 1. The van der Waals surface area contributed by atoms with Crippen LogP contribution in [-0.2, 0) is 6.54 Å². The van der Waals surface area contributed by atoms with Crippen molar-refractivity contribution in [2.24, 2.45) is 0 Å². The fraction of sp³-hybridized carbons (Fsp3) is 0.308. The van der Waals surface area contributed by atoms with Gasteiger partial charge in [-0.3, -0.25) is 5.10 Å². The quantitative estimate of drug-likeness (QED) is 0.907. The molecule has 0 fully saturated rings. The zero-order valence-electron chi connectivity index (χ0n) is 10.7. The first kappa shape index (κ1) is 12.2. The summed E-state index contributed by atoms with van der Waals surface area (Å²) in [6.07, 6.45) is 0. The van der Waals surface area contributed by atoms with Gasteiger partial charge >= 0.3 is 0 Å². The van der Waals surface area contributed by atoms with Crippen LogP contribution in [0.5, 0.6) is 11.5 Å². The van der Waals surface area contributed by atoms with Crippen LogP contribution in [0.25, 0.3) is 0 Å². The Bertz CT molecular complexity index is 605. The summed E-state index contributed by atoms with van der Waals surface area (Å²) < 4.78 is 10.6. The van der Waals surface area contributed by atoms with Gasteiger partial charge in [-0.05, 0) is 31.5 Å². The molecule has 2 aromatic rings. The van der Waals surface area contributed by atoms with Gasteiger partial charge in [0, 0.05) is 6.54 Å². The molecule has 1 aromatic heterocycles. The van der Waals surface area contributed by atoms with Crippen LogP contribution in [0.2, 0.25) is 5.02 Å². The number of benzene rings is 1. The Hall–Kier alpha value is -1.88. The van der Waals surface area contributed by atoms with Crippen molar-refractivity contribution >= 4 is 17.3 Å². The lowest BCUT2D eigenvalue weighted by Gasteiger charge is -2.08. The number of rotatable bonds is 3. The molecule has 0 amide bonds. The van der Waals surface area contributed by atoms with E-state index in [9.17, 15) is 0 Å². The van der Waals surface area contributed by atoms with Gasteiger partial charge in [0.05, 0.1) is 22.1 Å². The van der Waals surface area contributed by atoms with Crippen LogP contribution in [0, 0.1) is 13.8 Å². The summed E-state index contributed by atoms with van der Waals surface area (Å²) in [4.78, 5) is 0. The second-order valence-electron chi connectivity index (χ2n) is 4.47. The molecule has 0 atom stereocenters. The molecule has 0 bridgehead atoms. The normalized spacial score (nSPS) is 12.8. The van der Waals surface area contributed by atoms with E-state index in [2.05, 4.69) is 15.5 Å². The van der Waals surface area contributed by atoms with E-state index in [4.69, 9.17) is 21.1 Å². The lowest BCUT2D eigenvalue weighted by molar-refractivity contribution is 0.174. The van der Waals surface area contributed by atoms with Crippen LogP contribution >= 0.6 is 11.6 Å². The summed E-state index contributed by atoms with van der Waals surface area (Å²) in [6, 6.07) is 3.82. The van der Waals surface area contributed by atoms with Crippen molar-refractivity contribution < 1.29 is 9.47 Å². The van der Waals surface area contributed by atoms with Crippen LogP contribution in [0.1, 0.15) is 17.0 Å². The standard InChI is InChI=1S/C13H14ClN3O2/c1-7-12(8(2)17-16-7)15-5-9-3-10(14)13-11(4-9)18-6-19-13/h3-4,15H,5-6H2,1-2H3,(H,16,17). The Morgan fingerprint density at radius 3 is 2.95 bits per heavy atom. The molecule has 5 nitrogen and oxygen atoms in total. The highest BCUT2D eigenvalue weighted by molar-refractivity contribution is 6.32. The average molecular weight is 280 g/mol. The number of H-pyrrole nitrogens is 1. The fourth-order valence-electron chi connectivity index (χ4n) is 2.12. The minimum absolute atomic E-state index is 0.228. The molecule has 0 saturated carbocycles. The molecule has 0 radical (unpaired) electrons. The first-order chi connectivity index (χ1) is 9.15. The monoisotopic (exact) mass is 279 g/mol. The predicted octanol–water partition coefficient (Wildman–Crippen LogP) is 3.02. The van der Waals surface area contributed by atoms with Gasteiger partial charge in [0.2, 0.25) is 6.79 Å². The van der Waals surface area contributed by atoms with E-state index in [0.717, 1.165) is 22.6 Å². The minimum atomic E-state index is 0.228. The van der Waals surface area contributed by atoms with Crippen LogP contribution in [-0.4, -0.2) is 17.0 Å². The zero-order chi connectivity index (χ0) is 13.4. The Labute approximate surface area is 115 Å². The summed E-state index contributed by atoms with van der Waals surface area (Å²) in [7, 11) is 0. The van der Waals surface area contributed by atoms with Gasteiger partial charge in [0.15, 0.2) is 11.5 Å². The molecule has 2 N–H and O–H groups in total. The third-order valence-corrected chi connectivity index (χ3v) is 3.37. The zero-order valence-corrected chi connectivity index (χ0v) is 11.5. The van der Waals surface area contributed by atoms with Crippen molar-refractivity contribution in [3.63, 3.8) is 0 Å². The van der Waals surface area contributed by atoms with Crippen LogP contribution < -0.4 is 14.8 Å². The van der Waals surface area contributed by atoms with Crippen molar-refractivity contribution in [3.05, 3.63) is 34.1 Å². The molecule has 1 aliphatic rings. The van der Waals surface area contributed by atoms with Crippen LogP contribution in [0.15, 0.2) is 12.1 Å². The first-order valence-corrected chi connectivity index (χ1v) is 6.36. The molecule has 0 unspecified atom stereocenters. The van der Waals surface area contributed by atoms with Crippen molar-refractivity contribution in [3.8, 4) is 11.5 Å². The number of aromatic amines is 1. The molecule has 0 saturated heterocycles. The molecular weight excluding hydrogens is 266 g/mol. The molecule has 1 aliphatic heterocycles. The van der Waals surface area contributed by atoms with Gasteiger partial charge < -0.3 is 14.8 Å². The maximum atomic E-state index is 6.15. The van der Waals surface area contributed by atoms with Gasteiger partial charge in [-0.1, -0.05) is 11.6 Å². The molecule has 100 valence electrons. The van der Waals surface area contributed by atoms with Gasteiger partial charge in [0.1, 0.15) is 0 Å². The largest absolute Gasteiger partial charge is 0.454 e. The number of hydrogen-bond acceptors (Lipinski definition) is 4. The predicted molar refractivity (Wildman–Crippen MR) is 73.0 cm³/mol. The smallest absolute Gasteiger partial charge is 0.231 e. The molecular formula is C13H14ClN3O2. The Morgan fingerprint density at radius 2 is 2.21 bits per heavy atom. The number of aryl methyl sites for hydroxylation is 2. The molecule has 1 aromatic carbocycles. The molecule has 0 spiro atoms. The lowest BCUT2D eigenvalue weighted by Crippen LogP contribution is -2.01. The van der Waals surface area contributed by atoms with E-state index in [0.29, 0.717) is 23.1 Å². The van der Waals surface area contributed by atoms with Gasteiger partial charge in [-0.2, -0.15) is 5.10 Å². The third kappa shape index (κ3) is 2.21. The van der Waals surface area contributed by atoms with E-state index in [-0.39, 0.29) is 6.79 Å². The van der Waals surface area contributed by atoms with Gasteiger partial charge in [0.25, 0.3) is 0 Å². The molecule has 0 aliphatic carbocycles. The Morgan fingerprint density at radius 1 is 1.37 bits per heavy atom. The maximum Gasteiger partial charge on any atom is 0.231 e. The number of ether oxygens (including phenoxy) is 2. The highest BCUT2D eigenvalue weighted by Gasteiger charge is 2.18. The second-order valence-corrected chi connectivity index (χ2v) is 4.88. The average Bonchev–Trinajstić information content (AvgIpc) is 2.96. The molecule has 19 heavy (non-hydrogen) atoms. The Balaban J connectivity index is 1.79. The van der Waals surface area contributed by atoms with Crippen molar-refractivity contribution in [1.82, 2.24) is 10.2 Å². The number of anilines is 1. The lowest BCUT2D eigenvalue weighted by atomic mass is 10.2. The third-order valence-electron chi connectivity index (χ3n) is 3.08. The fourth-order valence-corrected chi connectivity index (χ4v) is 2.41. The highest BCUT2D eigenvalue weighted by Crippen LogP contribution is 2.39. The molecule has 2 heterocycles. The van der Waals surface area contributed by atoms with E-state index in [1.165, 1.54) is 0 Å². The SMILES string of the molecule is Cc1n[nH]c(C)c1NCc1cc(Cl)c2c(c1)OCO2. The molecule has 6 heteroatoms. The second kappa shape index (κ2) is 4.66. The van der Waals surface area contributed by atoms with Crippen LogP contribution in [0.4, 0.5) is 5.69 Å². The maximum absolute atomic E-state index is 6.15. The molecule has 3 rings (SSSR count). The van der Waals surface area contributed by atoms with Crippen molar-refractivity contribution in [2.45, 2.75) is 20.4 Å². The number of nitrogens with zero attached hydrogens (tertiary/aromatic N) is 1. The number of aromatic nitrogens is 2. The summed E-state index contributed by atoms with van der Waals surface area (Å²) in [5.74, 6) is 1.33. The van der Waals surface area contributed by atoms with Crippen LogP contribution in [0.3, 0.4) is 0 Å². The summed E-state index contributed by atoms with van der Waals surface area (Å²) >= 11 is 6.15. The number of fused-ring (bicyclic) bond motifs is 1. The Kier molecular flexibility index (Phi) is 2.98. The summed E-state index contributed by atoms with van der Waals surface area (Å²) in [5.41, 5.74) is 4.02. The van der Waals surface area contributed by atoms with E-state index in [1.54, 1.807) is 0 Å². The summed E-state index contributed by atoms with van der Waals surface area (Å²) in [6.45, 7) is 4.82. The van der Waals surface area contributed by atoms with E-state index in [1.807, 2.05) is 26.0 Å². The summed E-state index contributed by atoms with van der Waals surface area (Å²) in [5, 5.41) is 11.0.